The molecule has 1 aliphatic heterocycles. The van der Waals surface area contributed by atoms with E-state index in [4.69, 9.17) is 0 Å². The third kappa shape index (κ3) is 2.31. The van der Waals surface area contributed by atoms with Crippen molar-refractivity contribution in [3.8, 4) is 0 Å². The van der Waals surface area contributed by atoms with E-state index in [-0.39, 0.29) is 17.9 Å². The second-order valence-electron chi connectivity index (χ2n) is 4.29. The normalized spacial score (nSPS) is 18.8. The first-order chi connectivity index (χ1) is 9.45. The SMILES string of the molecule is CNc1nccc(C(=O)N2CC(=O)NC(=O)C2C)c1F. The van der Waals surface area contributed by atoms with E-state index in [2.05, 4.69) is 15.6 Å². The molecule has 0 aromatic carbocycles. The number of halogens is 1. The molecule has 7 nitrogen and oxygen atoms in total. The van der Waals surface area contributed by atoms with Gasteiger partial charge in [0, 0.05) is 13.2 Å². The molecule has 0 aliphatic carbocycles. The monoisotopic (exact) mass is 280 g/mol. The second-order valence-corrected chi connectivity index (χ2v) is 4.29. The van der Waals surface area contributed by atoms with Crippen LogP contribution in [-0.4, -0.2) is 47.2 Å². The zero-order valence-electron chi connectivity index (χ0n) is 10.9. The lowest BCUT2D eigenvalue weighted by Crippen LogP contribution is -2.58. The van der Waals surface area contributed by atoms with Crippen LogP contribution < -0.4 is 10.6 Å². The molecule has 2 rings (SSSR count). The molecule has 8 heteroatoms. The highest BCUT2D eigenvalue weighted by Crippen LogP contribution is 2.18. The van der Waals surface area contributed by atoms with E-state index in [9.17, 15) is 18.8 Å². The number of carbonyl (C=O) groups excluding carboxylic acids is 3. The summed E-state index contributed by atoms with van der Waals surface area (Å²) < 4.78 is 14.0. The molecular formula is C12H13FN4O3. The first-order valence-corrected chi connectivity index (χ1v) is 5.92. The Bertz CT molecular complexity index is 590. The Morgan fingerprint density at radius 3 is 2.90 bits per heavy atom. The van der Waals surface area contributed by atoms with E-state index in [0.29, 0.717) is 0 Å². The summed E-state index contributed by atoms with van der Waals surface area (Å²) in [7, 11) is 1.47. The number of carbonyl (C=O) groups is 3. The van der Waals surface area contributed by atoms with Crippen molar-refractivity contribution in [3.05, 3.63) is 23.6 Å². The molecule has 1 atom stereocenters. The third-order valence-electron chi connectivity index (χ3n) is 3.04. The Kier molecular flexibility index (Phi) is 3.64. The molecule has 106 valence electrons. The van der Waals surface area contributed by atoms with E-state index >= 15 is 0 Å². The summed E-state index contributed by atoms with van der Waals surface area (Å²) in [4.78, 5) is 39.9. The lowest BCUT2D eigenvalue weighted by molar-refractivity contribution is -0.138. The van der Waals surface area contributed by atoms with Gasteiger partial charge in [0.2, 0.25) is 11.8 Å². The molecule has 2 N–H and O–H groups in total. The highest BCUT2D eigenvalue weighted by Gasteiger charge is 2.35. The summed E-state index contributed by atoms with van der Waals surface area (Å²) in [5.41, 5.74) is -0.237. The summed E-state index contributed by atoms with van der Waals surface area (Å²) in [6.45, 7) is 1.18. The molecule has 1 aliphatic rings. The minimum absolute atomic E-state index is 0.0729. The van der Waals surface area contributed by atoms with Crippen molar-refractivity contribution in [1.29, 1.82) is 0 Å². The van der Waals surface area contributed by atoms with E-state index in [1.807, 2.05) is 0 Å². The number of hydrogen-bond acceptors (Lipinski definition) is 5. The molecule has 1 unspecified atom stereocenters. The van der Waals surface area contributed by atoms with E-state index in [1.165, 1.54) is 26.2 Å². The predicted molar refractivity (Wildman–Crippen MR) is 67.4 cm³/mol. The van der Waals surface area contributed by atoms with Gasteiger partial charge in [0.15, 0.2) is 11.6 Å². The standard InChI is InChI=1S/C12H13FN4O3/c1-6-11(19)16-8(18)5-17(6)12(20)7-3-4-15-10(14-2)9(7)13/h3-4,6H,5H2,1-2H3,(H,14,15)(H,16,18,19). The second kappa shape index (κ2) is 5.24. The molecule has 3 amide bonds. The number of pyridine rings is 1. The van der Waals surface area contributed by atoms with Crippen molar-refractivity contribution in [1.82, 2.24) is 15.2 Å². The van der Waals surface area contributed by atoms with Gasteiger partial charge in [-0.2, -0.15) is 0 Å². The number of nitrogens with one attached hydrogen (secondary N) is 2. The fourth-order valence-electron chi connectivity index (χ4n) is 1.90. The van der Waals surface area contributed by atoms with E-state index < -0.39 is 29.6 Å². The Morgan fingerprint density at radius 2 is 2.25 bits per heavy atom. The van der Waals surface area contributed by atoms with Crippen molar-refractivity contribution in [2.75, 3.05) is 18.9 Å². The van der Waals surface area contributed by atoms with Gasteiger partial charge in [0.05, 0.1) is 5.56 Å². The lowest BCUT2D eigenvalue weighted by Gasteiger charge is -2.31. The summed E-state index contributed by atoms with van der Waals surface area (Å²) in [5, 5.41) is 4.63. The number of piperazine rings is 1. The van der Waals surface area contributed by atoms with Crippen LogP contribution in [0.3, 0.4) is 0 Å². The molecule has 2 heterocycles. The van der Waals surface area contributed by atoms with Gasteiger partial charge in [-0.1, -0.05) is 0 Å². The van der Waals surface area contributed by atoms with Crippen LogP contribution in [0.1, 0.15) is 17.3 Å². The quantitative estimate of drug-likeness (QED) is 0.729. The van der Waals surface area contributed by atoms with E-state index in [0.717, 1.165) is 4.90 Å². The number of anilines is 1. The highest BCUT2D eigenvalue weighted by atomic mass is 19.1. The number of imide groups is 1. The maximum absolute atomic E-state index is 14.0. The molecule has 0 bridgehead atoms. The average Bonchev–Trinajstić information content (AvgIpc) is 2.42. The Hall–Kier alpha value is -2.51. The zero-order chi connectivity index (χ0) is 14.9. The largest absolute Gasteiger partial charge is 0.371 e. The third-order valence-corrected chi connectivity index (χ3v) is 3.04. The molecule has 1 fully saturated rings. The topological polar surface area (TPSA) is 91.4 Å². The first-order valence-electron chi connectivity index (χ1n) is 5.92. The van der Waals surface area contributed by atoms with Gasteiger partial charge in [0.25, 0.3) is 5.91 Å². The highest BCUT2D eigenvalue weighted by molar-refractivity contribution is 6.07. The molecule has 1 saturated heterocycles. The van der Waals surface area contributed by atoms with Crippen LogP contribution in [0.15, 0.2) is 12.3 Å². The molecule has 1 aromatic rings. The van der Waals surface area contributed by atoms with Crippen LogP contribution >= 0.6 is 0 Å². The molecule has 0 radical (unpaired) electrons. The summed E-state index contributed by atoms with van der Waals surface area (Å²) in [5.74, 6) is -2.79. The van der Waals surface area contributed by atoms with Crippen molar-refractivity contribution in [2.24, 2.45) is 0 Å². The van der Waals surface area contributed by atoms with Crippen LogP contribution in [0.5, 0.6) is 0 Å². The fourth-order valence-corrected chi connectivity index (χ4v) is 1.90. The first kappa shape index (κ1) is 13.9. The van der Waals surface area contributed by atoms with Crippen molar-refractivity contribution >= 4 is 23.5 Å². The molecule has 0 spiro atoms. The zero-order valence-corrected chi connectivity index (χ0v) is 10.9. The maximum atomic E-state index is 14.0. The van der Waals surface area contributed by atoms with Gasteiger partial charge >= 0.3 is 0 Å². The molecule has 1 aromatic heterocycles. The number of rotatable bonds is 2. The van der Waals surface area contributed by atoms with Crippen LogP contribution in [-0.2, 0) is 9.59 Å². The van der Waals surface area contributed by atoms with Crippen LogP contribution in [0.25, 0.3) is 0 Å². The predicted octanol–water partition coefficient (Wildman–Crippen LogP) is -0.251. The lowest BCUT2D eigenvalue weighted by atomic mass is 10.1. The van der Waals surface area contributed by atoms with Crippen LogP contribution in [0.4, 0.5) is 10.2 Å². The van der Waals surface area contributed by atoms with Gasteiger partial charge in [-0.05, 0) is 13.0 Å². The maximum Gasteiger partial charge on any atom is 0.258 e. The van der Waals surface area contributed by atoms with Crippen LogP contribution in [0, 0.1) is 5.82 Å². The minimum atomic E-state index is -0.842. The van der Waals surface area contributed by atoms with Gasteiger partial charge in [0.1, 0.15) is 12.6 Å². The summed E-state index contributed by atoms with van der Waals surface area (Å²) >= 11 is 0. The summed E-state index contributed by atoms with van der Waals surface area (Å²) in [6.07, 6.45) is 1.28. The molecule has 0 saturated carbocycles. The Morgan fingerprint density at radius 1 is 1.55 bits per heavy atom. The minimum Gasteiger partial charge on any atom is -0.371 e. The summed E-state index contributed by atoms with van der Waals surface area (Å²) in [6, 6.07) is 0.369. The molecular weight excluding hydrogens is 267 g/mol. The fraction of sp³-hybridized carbons (Fsp3) is 0.333. The van der Waals surface area contributed by atoms with Gasteiger partial charge in [-0.15, -0.1) is 0 Å². The van der Waals surface area contributed by atoms with Crippen molar-refractivity contribution in [3.63, 3.8) is 0 Å². The van der Waals surface area contributed by atoms with Crippen molar-refractivity contribution in [2.45, 2.75) is 13.0 Å². The smallest absolute Gasteiger partial charge is 0.258 e. The average molecular weight is 280 g/mol. The number of aromatic nitrogens is 1. The number of hydrogen-bond donors (Lipinski definition) is 2. The van der Waals surface area contributed by atoms with Crippen molar-refractivity contribution < 1.29 is 18.8 Å². The molecule has 20 heavy (non-hydrogen) atoms. The Balaban J connectivity index is 2.36. The van der Waals surface area contributed by atoms with Crippen LogP contribution in [0.2, 0.25) is 0 Å². The van der Waals surface area contributed by atoms with Gasteiger partial charge in [-0.3, -0.25) is 19.7 Å². The van der Waals surface area contributed by atoms with Gasteiger partial charge in [-0.25, -0.2) is 9.37 Å². The number of nitrogens with zero attached hydrogens (tertiary/aromatic N) is 2. The van der Waals surface area contributed by atoms with Gasteiger partial charge < -0.3 is 10.2 Å². The number of amides is 3. The Labute approximate surface area is 114 Å². The van der Waals surface area contributed by atoms with E-state index in [1.54, 1.807) is 0 Å².